The van der Waals surface area contributed by atoms with Crippen LogP contribution in [0, 0.1) is 13.8 Å². The molecule has 0 aliphatic rings. The Morgan fingerprint density at radius 3 is 2.73 bits per heavy atom. The Labute approximate surface area is 202 Å². The van der Waals surface area contributed by atoms with Gasteiger partial charge in [0.15, 0.2) is 5.16 Å². The van der Waals surface area contributed by atoms with Gasteiger partial charge in [0, 0.05) is 22.9 Å². The maximum absolute atomic E-state index is 12.0. The molecule has 7 heteroatoms. The van der Waals surface area contributed by atoms with Crippen LogP contribution in [-0.2, 0) is 17.0 Å². The van der Waals surface area contributed by atoms with E-state index in [9.17, 15) is 4.79 Å². The predicted octanol–water partition coefficient (Wildman–Crippen LogP) is 6.49. The van der Waals surface area contributed by atoms with Gasteiger partial charge in [-0.2, -0.15) is 0 Å². The van der Waals surface area contributed by atoms with Gasteiger partial charge in [-0.3, -0.25) is 0 Å². The molecule has 0 fully saturated rings. The molecular formula is C26H27N3O2S2. The zero-order valence-electron chi connectivity index (χ0n) is 18.8. The molecule has 5 nitrogen and oxygen atoms in total. The largest absolute Gasteiger partial charge is 0.449 e. The van der Waals surface area contributed by atoms with E-state index in [2.05, 4.69) is 46.5 Å². The lowest BCUT2D eigenvalue weighted by Gasteiger charge is -2.11. The van der Waals surface area contributed by atoms with Gasteiger partial charge in [-0.1, -0.05) is 65.9 Å². The van der Waals surface area contributed by atoms with E-state index in [0.29, 0.717) is 18.9 Å². The SMILES string of the molecule is Cc1cccc(CNC(=O)OCCSc2cccc(CSc3nc4ccccc4[nH]3)c2C)c1. The molecule has 0 spiro atoms. The monoisotopic (exact) mass is 477 g/mol. The van der Waals surface area contributed by atoms with Crippen LogP contribution < -0.4 is 5.32 Å². The third-order valence-electron chi connectivity index (χ3n) is 5.22. The highest BCUT2D eigenvalue weighted by Gasteiger charge is 2.09. The van der Waals surface area contributed by atoms with Crippen molar-refractivity contribution in [3.8, 4) is 0 Å². The van der Waals surface area contributed by atoms with Crippen LogP contribution in [0.1, 0.15) is 22.3 Å². The van der Waals surface area contributed by atoms with Crippen LogP contribution >= 0.6 is 23.5 Å². The summed E-state index contributed by atoms with van der Waals surface area (Å²) in [6.45, 7) is 5.01. The number of H-pyrrole nitrogens is 1. The Kier molecular flexibility index (Phi) is 7.96. The fraction of sp³-hybridized carbons (Fsp3) is 0.231. The summed E-state index contributed by atoms with van der Waals surface area (Å²) < 4.78 is 5.33. The number of rotatable bonds is 9. The van der Waals surface area contributed by atoms with E-state index < -0.39 is 0 Å². The summed E-state index contributed by atoms with van der Waals surface area (Å²) in [6, 6.07) is 22.5. The molecule has 0 saturated carbocycles. The third-order valence-corrected chi connectivity index (χ3v) is 7.27. The lowest BCUT2D eigenvalue weighted by molar-refractivity contribution is 0.152. The molecule has 1 amide bonds. The van der Waals surface area contributed by atoms with E-state index in [1.807, 2.05) is 49.4 Å². The number of nitrogens with zero attached hydrogens (tertiary/aromatic N) is 1. The molecule has 1 heterocycles. The average molecular weight is 478 g/mol. The second-order valence-corrected chi connectivity index (χ2v) is 9.82. The van der Waals surface area contributed by atoms with Gasteiger partial charge in [-0.25, -0.2) is 9.78 Å². The summed E-state index contributed by atoms with van der Waals surface area (Å²) in [5, 5.41) is 3.73. The first-order chi connectivity index (χ1) is 16.1. The molecule has 33 heavy (non-hydrogen) atoms. The van der Waals surface area contributed by atoms with E-state index in [1.165, 1.54) is 21.6 Å². The Morgan fingerprint density at radius 2 is 1.88 bits per heavy atom. The summed E-state index contributed by atoms with van der Waals surface area (Å²) in [4.78, 5) is 21.2. The van der Waals surface area contributed by atoms with Crippen LogP contribution in [0.2, 0.25) is 0 Å². The van der Waals surface area contributed by atoms with Gasteiger partial charge in [-0.15, -0.1) is 11.8 Å². The fourth-order valence-corrected chi connectivity index (χ4v) is 5.31. The average Bonchev–Trinajstić information content (AvgIpc) is 3.24. The molecule has 0 aliphatic carbocycles. The van der Waals surface area contributed by atoms with E-state index in [-0.39, 0.29) is 6.09 Å². The summed E-state index contributed by atoms with van der Waals surface area (Å²) in [7, 11) is 0. The highest BCUT2D eigenvalue weighted by molar-refractivity contribution is 7.99. The van der Waals surface area contributed by atoms with Crippen molar-refractivity contribution < 1.29 is 9.53 Å². The summed E-state index contributed by atoms with van der Waals surface area (Å²) in [6.07, 6.45) is -0.384. The van der Waals surface area contributed by atoms with Gasteiger partial charge in [0.25, 0.3) is 0 Å². The van der Waals surface area contributed by atoms with Crippen LogP contribution in [0.4, 0.5) is 4.79 Å². The number of aryl methyl sites for hydroxylation is 1. The number of amides is 1. The van der Waals surface area contributed by atoms with Crippen molar-refractivity contribution in [3.05, 3.63) is 89.0 Å². The van der Waals surface area contributed by atoms with Crippen LogP contribution in [0.5, 0.6) is 0 Å². The number of nitrogens with one attached hydrogen (secondary N) is 2. The highest BCUT2D eigenvalue weighted by Crippen LogP contribution is 2.29. The first-order valence-corrected chi connectivity index (χ1v) is 12.8. The smallest absolute Gasteiger partial charge is 0.407 e. The number of hydrogen-bond acceptors (Lipinski definition) is 5. The third kappa shape index (κ3) is 6.55. The van der Waals surface area contributed by atoms with Crippen molar-refractivity contribution in [3.63, 3.8) is 0 Å². The number of aromatic nitrogens is 2. The highest BCUT2D eigenvalue weighted by atomic mass is 32.2. The summed E-state index contributed by atoms with van der Waals surface area (Å²) >= 11 is 3.41. The summed E-state index contributed by atoms with van der Waals surface area (Å²) in [5.41, 5.74) is 6.83. The van der Waals surface area contributed by atoms with Crippen molar-refractivity contribution in [2.24, 2.45) is 0 Å². The Morgan fingerprint density at radius 1 is 1.03 bits per heavy atom. The van der Waals surface area contributed by atoms with Crippen LogP contribution in [0.3, 0.4) is 0 Å². The zero-order chi connectivity index (χ0) is 23.0. The topological polar surface area (TPSA) is 67.0 Å². The molecule has 4 aromatic rings. The van der Waals surface area contributed by atoms with Crippen molar-refractivity contribution in [2.45, 2.75) is 36.2 Å². The van der Waals surface area contributed by atoms with Crippen LogP contribution in [0.15, 0.2) is 76.8 Å². The lowest BCUT2D eigenvalue weighted by atomic mass is 10.1. The lowest BCUT2D eigenvalue weighted by Crippen LogP contribution is -2.24. The predicted molar refractivity (Wildman–Crippen MR) is 137 cm³/mol. The molecule has 0 unspecified atom stereocenters. The number of fused-ring (bicyclic) bond motifs is 1. The van der Waals surface area contributed by atoms with Crippen LogP contribution in [0.25, 0.3) is 11.0 Å². The van der Waals surface area contributed by atoms with Gasteiger partial charge < -0.3 is 15.0 Å². The first kappa shape index (κ1) is 23.3. The van der Waals surface area contributed by atoms with Crippen LogP contribution in [-0.4, -0.2) is 28.4 Å². The molecular weight excluding hydrogens is 450 g/mol. The molecule has 0 atom stereocenters. The fourth-order valence-electron chi connectivity index (χ4n) is 3.45. The van der Waals surface area contributed by atoms with Gasteiger partial charge in [0.2, 0.25) is 0 Å². The number of para-hydroxylation sites is 2. The zero-order valence-corrected chi connectivity index (χ0v) is 20.4. The minimum absolute atomic E-state index is 0.363. The standard InChI is InChI=1S/C26H27N3O2S2/c1-18-7-5-8-20(15-18)16-27-26(30)31-13-14-32-24-12-6-9-21(19(24)2)17-33-25-28-22-10-3-4-11-23(22)29-25/h3-12,15H,13-14,16-17H2,1-2H3,(H,27,30)(H,28,29). The number of ether oxygens (including phenoxy) is 1. The molecule has 4 rings (SSSR count). The van der Waals surface area contributed by atoms with Gasteiger partial charge in [0.1, 0.15) is 6.61 Å². The number of benzene rings is 3. The quantitative estimate of drug-likeness (QED) is 0.213. The number of thioether (sulfide) groups is 2. The van der Waals surface area contributed by atoms with Crippen molar-refractivity contribution in [2.75, 3.05) is 12.4 Å². The van der Waals surface area contributed by atoms with Gasteiger partial charge >= 0.3 is 6.09 Å². The number of alkyl carbamates (subject to hydrolysis) is 1. The Hall–Kier alpha value is -2.90. The Balaban J connectivity index is 1.22. The van der Waals surface area contributed by atoms with Crippen molar-refractivity contribution in [1.82, 2.24) is 15.3 Å². The molecule has 3 aromatic carbocycles. The summed E-state index contributed by atoms with van der Waals surface area (Å²) in [5.74, 6) is 1.55. The van der Waals surface area contributed by atoms with Crippen molar-refractivity contribution >= 4 is 40.7 Å². The molecule has 1 aromatic heterocycles. The number of hydrogen-bond donors (Lipinski definition) is 2. The Bertz CT molecular complexity index is 1210. The van der Waals surface area contributed by atoms with Gasteiger partial charge in [0.05, 0.1) is 11.0 Å². The molecule has 2 N–H and O–H groups in total. The maximum atomic E-state index is 12.0. The molecule has 0 radical (unpaired) electrons. The van der Waals surface area contributed by atoms with Gasteiger partial charge in [-0.05, 0) is 48.7 Å². The minimum Gasteiger partial charge on any atom is -0.449 e. The number of carbonyl (C=O) groups excluding carboxylic acids is 1. The normalized spacial score (nSPS) is 11.0. The maximum Gasteiger partial charge on any atom is 0.407 e. The number of imidazole rings is 1. The number of aromatic amines is 1. The van der Waals surface area contributed by atoms with E-state index in [0.717, 1.165) is 27.5 Å². The van der Waals surface area contributed by atoms with Crippen molar-refractivity contribution in [1.29, 1.82) is 0 Å². The molecule has 0 aliphatic heterocycles. The molecule has 0 bridgehead atoms. The van der Waals surface area contributed by atoms with E-state index in [4.69, 9.17) is 4.74 Å². The van der Waals surface area contributed by atoms with E-state index >= 15 is 0 Å². The molecule has 170 valence electrons. The van der Waals surface area contributed by atoms with E-state index in [1.54, 1.807) is 23.5 Å². The molecule has 0 saturated heterocycles. The minimum atomic E-state index is -0.384. The first-order valence-electron chi connectivity index (χ1n) is 10.8. The second-order valence-electron chi connectivity index (χ2n) is 7.72. The second kappa shape index (κ2) is 11.3. The number of carbonyl (C=O) groups is 1.